The number of rotatable bonds is 7. The fourth-order valence-electron chi connectivity index (χ4n) is 2.32. The van der Waals surface area contributed by atoms with E-state index in [0.29, 0.717) is 18.7 Å². The van der Waals surface area contributed by atoms with Crippen molar-refractivity contribution >= 4 is 11.9 Å². The maximum absolute atomic E-state index is 12.3. The van der Waals surface area contributed by atoms with Crippen LogP contribution in [0.25, 0.3) is 5.69 Å². The summed E-state index contributed by atoms with van der Waals surface area (Å²) in [6.45, 7) is 3.87. The van der Waals surface area contributed by atoms with Crippen LogP contribution in [0.5, 0.6) is 0 Å². The fourth-order valence-corrected chi connectivity index (χ4v) is 2.32. The second-order valence-corrected chi connectivity index (χ2v) is 5.25. The van der Waals surface area contributed by atoms with Crippen molar-refractivity contribution in [2.75, 3.05) is 13.1 Å². The van der Waals surface area contributed by atoms with E-state index in [1.165, 1.54) is 4.90 Å². The monoisotopic (exact) mass is 316 g/mol. The summed E-state index contributed by atoms with van der Waals surface area (Å²) >= 11 is 0. The number of nitrogens with zero attached hydrogens (tertiary/aromatic N) is 4. The SMILES string of the molecule is CCCN(CC(=O)O)C(=O)Cc1nnn(-c2ccccc2)c1C. The number of hydrogen-bond acceptors (Lipinski definition) is 4. The number of aromatic nitrogens is 3. The van der Waals surface area contributed by atoms with E-state index in [2.05, 4.69) is 10.3 Å². The molecule has 7 heteroatoms. The van der Waals surface area contributed by atoms with Crippen LogP contribution in [-0.2, 0) is 16.0 Å². The number of carbonyl (C=O) groups is 2. The minimum atomic E-state index is -1.02. The van der Waals surface area contributed by atoms with Gasteiger partial charge < -0.3 is 10.0 Å². The predicted molar refractivity (Wildman–Crippen MR) is 84.3 cm³/mol. The molecule has 23 heavy (non-hydrogen) atoms. The molecule has 0 bridgehead atoms. The number of amides is 1. The molecule has 0 aliphatic rings. The maximum Gasteiger partial charge on any atom is 0.323 e. The predicted octanol–water partition coefficient (Wildman–Crippen LogP) is 1.44. The first-order chi connectivity index (χ1) is 11.0. The van der Waals surface area contributed by atoms with Gasteiger partial charge in [0.25, 0.3) is 0 Å². The number of hydrogen-bond donors (Lipinski definition) is 1. The van der Waals surface area contributed by atoms with Gasteiger partial charge in [-0.1, -0.05) is 30.3 Å². The molecule has 1 amide bonds. The normalized spacial score (nSPS) is 10.5. The largest absolute Gasteiger partial charge is 0.480 e. The molecule has 0 aliphatic carbocycles. The third-order valence-corrected chi connectivity index (χ3v) is 3.48. The van der Waals surface area contributed by atoms with E-state index in [1.54, 1.807) is 4.68 Å². The molecule has 0 fully saturated rings. The van der Waals surface area contributed by atoms with Crippen molar-refractivity contribution in [3.05, 3.63) is 41.7 Å². The highest BCUT2D eigenvalue weighted by Gasteiger charge is 2.20. The quantitative estimate of drug-likeness (QED) is 0.835. The van der Waals surface area contributed by atoms with E-state index < -0.39 is 5.97 Å². The molecule has 1 heterocycles. The number of carbonyl (C=O) groups excluding carboxylic acids is 1. The summed E-state index contributed by atoms with van der Waals surface area (Å²) < 4.78 is 1.67. The van der Waals surface area contributed by atoms with Crippen molar-refractivity contribution in [3.8, 4) is 5.69 Å². The molecular weight excluding hydrogens is 296 g/mol. The van der Waals surface area contributed by atoms with Crippen molar-refractivity contribution in [1.82, 2.24) is 19.9 Å². The number of carboxylic acids is 1. The Morgan fingerprint density at radius 3 is 2.57 bits per heavy atom. The Balaban J connectivity index is 2.15. The molecule has 0 radical (unpaired) electrons. The first kappa shape index (κ1) is 16.7. The summed E-state index contributed by atoms with van der Waals surface area (Å²) in [6, 6.07) is 9.52. The third kappa shape index (κ3) is 4.15. The highest BCUT2D eigenvalue weighted by Crippen LogP contribution is 2.13. The van der Waals surface area contributed by atoms with E-state index >= 15 is 0 Å². The second-order valence-electron chi connectivity index (χ2n) is 5.25. The standard InChI is InChI=1S/C16H20N4O3/c1-3-9-19(11-16(22)23)15(21)10-14-12(2)20(18-17-14)13-7-5-4-6-8-13/h4-8H,3,9-11H2,1-2H3,(H,22,23). The number of benzene rings is 1. The lowest BCUT2D eigenvalue weighted by Crippen LogP contribution is -2.37. The zero-order chi connectivity index (χ0) is 16.8. The molecule has 0 spiro atoms. The van der Waals surface area contributed by atoms with Crippen molar-refractivity contribution in [1.29, 1.82) is 0 Å². The lowest BCUT2D eigenvalue weighted by molar-refractivity contribution is -0.144. The van der Waals surface area contributed by atoms with E-state index in [9.17, 15) is 9.59 Å². The molecule has 2 aromatic rings. The molecule has 0 aliphatic heterocycles. The highest BCUT2D eigenvalue weighted by molar-refractivity contribution is 5.82. The average molecular weight is 316 g/mol. The Morgan fingerprint density at radius 1 is 1.26 bits per heavy atom. The van der Waals surface area contributed by atoms with Crippen LogP contribution >= 0.6 is 0 Å². The molecule has 1 N–H and O–H groups in total. The van der Waals surface area contributed by atoms with Crippen molar-refractivity contribution in [3.63, 3.8) is 0 Å². The Bertz CT molecular complexity index is 682. The minimum absolute atomic E-state index is 0.0476. The Hall–Kier alpha value is -2.70. The van der Waals surface area contributed by atoms with Crippen LogP contribution in [-0.4, -0.2) is 50.0 Å². The summed E-state index contributed by atoms with van der Waals surface area (Å²) in [7, 11) is 0. The number of aliphatic carboxylic acids is 1. The molecule has 1 aromatic heterocycles. The van der Waals surface area contributed by atoms with Crippen molar-refractivity contribution in [2.45, 2.75) is 26.7 Å². The van der Waals surface area contributed by atoms with Gasteiger partial charge in [0.2, 0.25) is 5.91 Å². The lowest BCUT2D eigenvalue weighted by atomic mass is 10.2. The van der Waals surface area contributed by atoms with Crippen LogP contribution in [0.15, 0.2) is 30.3 Å². The van der Waals surface area contributed by atoms with Crippen LogP contribution in [0.4, 0.5) is 0 Å². The highest BCUT2D eigenvalue weighted by atomic mass is 16.4. The third-order valence-electron chi connectivity index (χ3n) is 3.48. The van der Waals surface area contributed by atoms with Gasteiger partial charge in [-0.25, -0.2) is 4.68 Å². The molecule has 0 saturated carbocycles. The molecule has 7 nitrogen and oxygen atoms in total. The zero-order valence-corrected chi connectivity index (χ0v) is 13.3. The van der Waals surface area contributed by atoms with Crippen LogP contribution in [0.1, 0.15) is 24.7 Å². The first-order valence-corrected chi connectivity index (χ1v) is 7.49. The van der Waals surface area contributed by atoms with Gasteiger partial charge in [-0.2, -0.15) is 0 Å². The van der Waals surface area contributed by atoms with Gasteiger partial charge in [-0.15, -0.1) is 5.10 Å². The average Bonchev–Trinajstić information content (AvgIpc) is 2.88. The van der Waals surface area contributed by atoms with Crippen molar-refractivity contribution < 1.29 is 14.7 Å². The van der Waals surface area contributed by atoms with Gasteiger partial charge in [0.15, 0.2) is 0 Å². The van der Waals surface area contributed by atoms with Gasteiger partial charge in [0, 0.05) is 6.54 Å². The van der Waals surface area contributed by atoms with E-state index in [0.717, 1.165) is 11.4 Å². The van der Waals surface area contributed by atoms with Gasteiger partial charge in [0.1, 0.15) is 6.54 Å². The van der Waals surface area contributed by atoms with Crippen LogP contribution in [0.2, 0.25) is 0 Å². The van der Waals surface area contributed by atoms with Crippen LogP contribution in [0, 0.1) is 6.92 Å². The summed E-state index contributed by atoms with van der Waals surface area (Å²) in [5.74, 6) is -1.27. The van der Waals surface area contributed by atoms with Crippen LogP contribution < -0.4 is 0 Å². The van der Waals surface area contributed by atoms with Crippen LogP contribution in [0.3, 0.4) is 0 Å². The lowest BCUT2D eigenvalue weighted by Gasteiger charge is -2.19. The van der Waals surface area contributed by atoms with E-state index in [-0.39, 0.29) is 18.9 Å². The Labute approximate surface area is 134 Å². The first-order valence-electron chi connectivity index (χ1n) is 7.49. The molecule has 122 valence electrons. The Morgan fingerprint density at radius 2 is 1.96 bits per heavy atom. The second kappa shape index (κ2) is 7.53. The van der Waals surface area contributed by atoms with E-state index in [4.69, 9.17) is 5.11 Å². The van der Waals surface area contributed by atoms with Gasteiger partial charge in [-0.3, -0.25) is 9.59 Å². The molecular formula is C16H20N4O3. The molecule has 2 rings (SSSR count). The zero-order valence-electron chi connectivity index (χ0n) is 13.3. The fraction of sp³-hybridized carbons (Fsp3) is 0.375. The topological polar surface area (TPSA) is 88.3 Å². The van der Waals surface area contributed by atoms with Gasteiger partial charge in [0.05, 0.1) is 23.5 Å². The summed E-state index contributed by atoms with van der Waals surface area (Å²) in [4.78, 5) is 24.5. The van der Waals surface area contributed by atoms with Crippen molar-refractivity contribution in [2.24, 2.45) is 0 Å². The molecule has 0 atom stereocenters. The molecule has 1 aromatic carbocycles. The minimum Gasteiger partial charge on any atom is -0.480 e. The number of carboxylic acid groups (broad SMARTS) is 1. The molecule has 0 unspecified atom stereocenters. The summed E-state index contributed by atoms with van der Waals surface area (Å²) in [5.41, 5.74) is 2.20. The number of para-hydroxylation sites is 1. The van der Waals surface area contributed by atoms with Gasteiger partial charge in [-0.05, 0) is 25.5 Å². The summed E-state index contributed by atoms with van der Waals surface area (Å²) in [5, 5.41) is 17.1. The Kier molecular flexibility index (Phi) is 5.46. The molecule has 0 saturated heterocycles. The summed E-state index contributed by atoms with van der Waals surface area (Å²) in [6.07, 6.45) is 0.751. The van der Waals surface area contributed by atoms with Gasteiger partial charge >= 0.3 is 5.97 Å². The van der Waals surface area contributed by atoms with E-state index in [1.807, 2.05) is 44.2 Å². The maximum atomic E-state index is 12.3. The smallest absolute Gasteiger partial charge is 0.323 e.